The van der Waals surface area contributed by atoms with Crippen LogP contribution in [0.2, 0.25) is 0 Å². The number of likely N-dealkylation sites (N-methyl/N-ethyl adjacent to an activating group) is 2. The van der Waals surface area contributed by atoms with E-state index in [4.69, 9.17) is 9.47 Å². The predicted molar refractivity (Wildman–Crippen MR) is 330 cm³/mol. The highest BCUT2D eigenvalue weighted by Gasteiger charge is 2.44. The van der Waals surface area contributed by atoms with Crippen LogP contribution in [0.25, 0.3) is 0 Å². The number of aromatic amines is 2. The highest BCUT2D eigenvalue weighted by atomic mass is 19.1. The van der Waals surface area contributed by atoms with E-state index in [9.17, 15) is 37.5 Å². The molecule has 6 N–H and O–H groups in total. The summed E-state index contributed by atoms with van der Waals surface area (Å²) in [6.07, 6.45) is 2.74. The lowest BCUT2D eigenvalue weighted by atomic mass is 9.91. The van der Waals surface area contributed by atoms with Crippen LogP contribution in [0.4, 0.5) is 20.2 Å². The molecule has 0 unspecified atom stereocenters. The number of fused-ring (bicyclic) bond motifs is 2. The Labute approximate surface area is 501 Å². The minimum atomic E-state index is -0.937. The van der Waals surface area contributed by atoms with Gasteiger partial charge in [-0.05, 0) is 122 Å². The molecule has 4 aromatic carbocycles. The molecule has 18 heteroatoms. The van der Waals surface area contributed by atoms with Crippen LogP contribution in [0.3, 0.4) is 0 Å². The van der Waals surface area contributed by atoms with Crippen molar-refractivity contribution in [2.24, 2.45) is 0 Å². The van der Waals surface area contributed by atoms with Crippen LogP contribution < -0.4 is 51.7 Å². The zero-order valence-corrected chi connectivity index (χ0v) is 50.1. The second-order valence-corrected chi connectivity index (χ2v) is 23.1. The summed E-state index contributed by atoms with van der Waals surface area (Å²) in [5, 5.41) is 12.0. The first kappa shape index (κ1) is 63.2. The fraction of sp³-hybridized carbons (Fsp3) is 0.382. The first-order valence-electron chi connectivity index (χ1n) is 29.2. The second kappa shape index (κ2) is 28.4. The SMILES string of the molecule is CC[C@H](NC)C(=O)N[C@@H](Cc1ccc(OCCC#CC#CCCOc2ccc(C[C@H](NC(=O)[C@H](CC)NC)C(=O)N3CC(C)(C)c4[nH]c(=O)c(Cc5ccc(F)cc5)cc43)cc2)cc1)C(=O)N1CC(C)(C)c2[nH]c(=O)c(Cc3ccc(F)cc3)cc21. The van der Waals surface area contributed by atoms with E-state index in [0.29, 0.717) is 84.3 Å². The molecule has 6 aromatic rings. The van der Waals surface area contributed by atoms with E-state index in [1.54, 1.807) is 60.3 Å². The van der Waals surface area contributed by atoms with Crippen molar-refractivity contribution in [3.63, 3.8) is 0 Å². The lowest BCUT2D eigenvalue weighted by molar-refractivity contribution is -0.128. The van der Waals surface area contributed by atoms with Gasteiger partial charge in [0.05, 0.1) is 36.7 Å². The average molecular weight is 1170 g/mol. The third-order valence-electron chi connectivity index (χ3n) is 15.7. The standard InChI is InChI=1S/C68H76F2N8O8/c1-9-53(71-7)63(81)73-55(65(83)77-41-67(3,4)59-57(77)39-47(61(79)75-59)35-43-17-25-49(69)26-18-43)37-45-21-29-51(30-22-45)85-33-15-13-11-12-14-16-34-86-52-31-23-46(24-32-52)38-56(74-64(82)54(10-2)72-8)66(84)78-42-68(5,6)60-58(78)40-48(62(80)76-60)36-44-19-27-50(70)28-20-44/h17-32,39-40,53-56,71-72H,9-10,15-16,33-38,41-42H2,1-8H3,(H,73,81)(H,74,82)(H,75,79)(H,76,80)/t53-,54-,55-,56-/m0/s1. The molecule has 2 aliphatic rings. The third-order valence-corrected chi connectivity index (χ3v) is 15.7. The first-order valence-corrected chi connectivity index (χ1v) is 29.2. The van der Waals surface area contributed by atoms with E-state index in [0.717, 1.165) is 22.3 Å². The molecule has 2 aromatic heterocycles. The van der Waals surface area contributed by atoms with Crippen molar-refractivity contribution in [2.45, 2.75) is 128 Å². The third kappa shape index (κ3) is 15.7. The summed E-state index contributed by atoms with van der Waals surface area (Å²) in [5.74, 6) is 11.0. The number of anilines is 2. The van der Waals surface area contributed by atoms with Crippen molar-refractivity contribution >= 4 is 35.0 Å². The van der Waals surface area contributed by atoms with Gasteiger partial charge in [-0.3, -0.25) is 28.8 Å². The van der Waals surface area contributed by atoms with Gasteiger partial charge in [-0.25, -0.2) is 8.78 Å². The molecule has 2 aliphatic heterocycles. The Morgan fingerprint density at radius 2 is 0.895 bits per heavy atom. The van der Waals surface area contributed by atoms with Crippen molar-refractivity contribution in [3.05, 3.63) is 186 Å². The number of pyridine rings is 2. The molecule has 4 atom stereocenters. The second-order valence-electron chi connectivity index (χ2n) is 23.1. The molecule has 0 saturated heterocycles. The Bertz CT molecular complexity index is 3400. The largest absolute Gasteiger partial charge is 0.493 e. The summed E-state index contributed by atoms with van der Waals surface area (Å²) in [4.78, 5) is 92.2. The molecule has 0 saturated carbocycles. The van der Waals surface area contributed by atoms with Gasteiger partial charge in [0.2, 0.25) is 23.6 Å². The van der Waals surface area contributed by atoms with Crippen LogP contribution in [0.15, 0.2) is 119 Å². The predicted octanol–water partition coefficient (Wildman–Crippen LogP) is 7.47. The zero-order valence-electron chi connectivity index (χ0n) is 50.1. The van der Waals surface area contributed by atoms with Crippen LogP contribution in [0.1, 0.15) is 112 Å². The summed E-state index contributed by atoms with van der Waals surface area (Å²) in [6.45, 7) is 12.8. The molecule has 8 rings (SSSR count). The number of amides is 4. The minimum Gasteiger partial charge on any atom is -0.493 e. The summed E-state index contributed by atoms with van der Waals surface area (Å²) < 4.78 is 39.3. The summed E-state index contributed by atoms with van der Waals surface area (Å²) >= 11 is 0. The number of rotatable bonds is 24. The van der Waals surface area contributed by atoms with Gasteiger partial charge in [0.25, 0.3) is 11.1 Å². The van der Waals surface area contributed by atoms with Gasteiger partial charge in [0.15, 0.2) is 0 Å². The number of nitrogens with zero attached hydrogens (tertiary/aromatic N) is 2. The first-order chi connectivity index (χ1) is 41.2. The Morgan fingerprint density at radius 1 is 0.547 bits per heavy atom. The quantitative estimate of drug-likeness (QED) is 0.0261. The number of nitrogens with one attached hydrogen (secondary N) is 6. The number of hydrogen-bond donors (Lipinski definition) is 6. The lowest BCUT2D eigenvalue weighted by Crippen LogP contribution is -2.54. The molecular formula is C68H76F2N8O8. The molecule has 86 heavy (non-hydrogen) atoms. The van der Waals surface area contributed by atoms with Crippen molar-refractivity contribution in [3.8, 4) is 35.2 Å². The van der Waals surface area contributed by atoms with Crippen LogP contribution in [0, 0.1) is 35.3 Å². The maximum atomic E-state index is 14.6. The summed E-state index contributed by atoms with van der Waals surface area (Å²) in [5.41, 5.74) is 4.61. The molecule has 16 nitrogen and oxygen atoms in total. The van der Waals surface area contributed by atoms with E-state index in [1.165, 1.54) is 24.3 Å². The van der Waals surface area contributed by atoms with Crippen molar-refractivity contribution in [2.75, 3.05) is 50.2 Å². The Kier molecular flexibility index (Phi) is 20.8. The molecule has 0 spiro atoms. The molecule has 0 bridgehead atoms. The smallest absolute Gasteiger partial charge is 0.251 e. The van der Waals surface area contributed by atoms with E-state index in [1.807, 2.05) is 90.1 Å². The summed E-state index contributed by atoms with van der Waals surface area (Å²) in [6, 6.07) is 27.1. The van der Waals surface area contributed by atoms with E-state index < -0.39 is 35.0 Å². The van der Waals surface area contributed by atoms with E-state index in [-0.39, 0.29) is 85.2 Å². The Morgan fingerprint density at radius 3 is 1.23 bits per heavy atom. The van der Waals surface area contributed by atoms with Gasteiger partial charge < -0.3 is 50.5 Å². The molecule has 0 radical (unpaired) electrons. The van der Waals surface area contributed by atoms with Gasteiger partial charge >= 0.3 is 0 Å². The summed E-state index contributed by atoms with van der Waals surface area (Å²) in [7, 11) is 3.40. The molecule has 450 valence electrons. The van der Waals surface area contributed by atoms with Crippen molar-refractivity contribution in [1.29, 1.82) is 0 Å². The lowest BCUT2D eigenvalue weighted by Gasteiger charge is -2.27. The normalized spacial score (nSPS) is 14.9. The van der Waals surface area contributed by atoms with Gasteiger partial charge in [-0.1, -0.05) is 102 Å². The number of hydrogen-bond acceptors (Lipinski definition) is 10. The molecular weight excluding hydrogens is 1090 g/mol. The Hall–Kier alpha value is -8.84. The number of carbonyl (C=O) groups is 4. The van der Waals surface area contributed by atoms with Crippen LogP contribution in [0.5, 0.6) is 11.5 Å². The molecule has 0 fully saturated rings. The van der Waals surface area contributed by atoms with E-state index >= 15 is 0 Å². The number of benzene rings is 4. The Balaban J connectivity index is 0.828. The number of halogens is 2. The maximum absolute atomic E-state index is 14.6. The molecule has 4 heterocycles. The van der Waals surface area contributed by atoms with Gasteiger partial charge in [-0.15, -0.1) is 0 Å². The highest BCUT2D eigenvalue weighted by Crippen LogP contribution is 2.41. The maximum Gasteiger partial charge on any atom is 0.251 e. The fourth-order valence-electron chi connectivity index (χ4n) is 10.9. The average Bonchev–Trinajstić information content (AvgIpc) is 2.89. The van der Waals surface area contributed by atoms with Gasteiger partial charge in [0, 0.05) is 85.0 Å². The number of ether oxygens (including phenoxy) is 2. The molecule has 0 aliphatic carbocycles. The van der Waals surface area contributed by atoms with Crippen LogP contribution in [-0.2, 0) is 55.7 Å². The number of aromatic nitrogens is 2. The number of H-pyrrole nitrogens is 2. The van der Waals surface area contributed by atoms with Gasteiger partial charge in [-0.2, -0.15) is 0 Å². The van der Waals surface area contributed by atoms with E-state index in [2.05, 4.69) is 54.9 Å². The number of carbonyl (C=O) groups excluding carboxylic acids is 4. The van der Waals surface area contributed by atoms with Crippen molar-refractivity contribution < 1.29 is 37.4 Å². The van der Waals surface area contributed by atoms with Crippen molar-refractivity contribution in [1.82, 2.24) is 31.2 Å². The monoisotopic (exact) mass is 1170 g/mol. The highest BCUT2D eigenvalue weighted by molar-refractivity contribution is 6.03. The zero-order chi connectivity index (χ0) is 61.7. The fourth-order valence-corrected chi connectivity index (χ4v) is 10.9. The topological polar surface area (TPSA) is 207 Å². The van der Waals surface area contributed by atoms with Crippen LogP contribution in [-0.4, -0.2) is 98.2 Å². The van der Waals surface area contributed by atoms with Gasteiger partial charge in [0.1, 0.15) is 35.2 Å². The van der Waals surface area contributed by atoms with Crippen LogP contribution >= 0.6 is 0 Å². The minimum absolute atomic E-state index is 0.194. The molecule has 4 amide bonds.